The van der Waals surface area contributed by atoms with E-state index < -0.39 is 5.60 Å². The molecule has 1 aromatic rings. The van der Waals surface area contributed by atoms with Crippen molar-refractivity contribution >= 4 is 11.6 Å². The van der Waals surface area contributed by atoms with E-state index >= 15 is 0 Å². The fourth-order valence-corrected chi connectivity index (χ4v) is 3.46. The predicted molar refractivity (Wildman–Crippen MR) is 73.6 cm³/mol. The number of aryl methyl sites for hydroxylation is 1. The maximum absolute atomic E-state index is 11.1. The molecule has 1 N–H and O–H groups in total. The van der Waals surface area contributed by atoms with Crippen molar-refractivity contribution in [3.05, 3.63) is 16.9 Å². The Morgan fingerprint density at radius 3 is 2.89 bits per heavy atom. The van der Waals surface area contributed by atoms with E-state index in [1.54, 1.807) is 6.20 Å². The average molecular weight is 271 g/mol. The fourth-order valence-electron chi connectivity index (χ4n) is 3.16. The van der Waals surface area contributed by atoms with E-state index in [4.69, 9.17) is 11.6 Å². The number of aromatic nitrogens is 2. The largest absolute Gasteiger partial charge is 0.383 e. The molecule has 0 amide bonds. The van der Waals surface area contributed by atoms with Crippen LogP contribution in [0.3, 0.4) is 0 Å². The van der Waals surface area contributed by atoms with Gasteiger partial charge in [0.05, 0.1) is 16.9 Å². The van der Waals surface area contributed by atoms with Gasteiger partial charge in [-0.1, -0.05) is 32.4 Å². The van der Waals surface area contributed by atoms with Crippen LogP contribution in [0.5, 0.6) is 0 Å². The highest BCUT2D eigenvalue weighted by Crippen LogP contribution is 2.45. The minimum Gasteiger partial charge on any atom is -0.383 e. The van der Waals surface area contributed by atoms with E-state index in [-0.39, 0.29) is 5.92 Å². The zero-order chi connectivity index (χ0) is 13.3. The van der Waals surface area contributed by atoms with Crippen LogP contribution in [0.15, 0.2) is 6.20 Å². The van der Waals surface area contributed by atoms with Crippen LogP contribution >= 0.6 is 11.6 Å². The molecule has 2 rings (SSSR count). The molecule has 0 saturated heterocycles. The van der Waals surface area contributed by atoms with E-state index in [0.717, 1.165) is 37.9 Å². The molecule has 1 aliphatic carbocycles. The van der Waals surface area contributed by atoms with Gasteiger partial charge in [-0.2, -0.15) is 5.10 Å². The van der Waals surface area contributed by atoms with Gasteiger partial charge < -0.3 is 5.11 Å². The van der Waals surface area contributed by atoms with Crippen LogP contribution in [0.1, 0.15) is 52.1 Å². The third kappa shape index (κ3) is 2.30. The summed E-state index contributed by atoms with van der Waals surface area (Å²) < 4.78 is 1.88. The molecule has 0 bridgehead atoms. The second-order valence-electron chi connectivity index (χ2n) is 5.77. The van der Waals surface area contributed by atoms with E-state index in [2.05, 4.69) is 25.9 Å². The summed E-state index contributed by atoms with van der Waals surface area (Å²) in [6, 6.07) is 0. The summed E-state index contributed by atoms with van der Waals surface area (Å²) in [5.41, 5.74) is 0.0142. The third-order valence-electron chi connectivity index (χ3n) is 4.23. The van der Waals surface area contributed by atoms with E-state index in [0.29, 0.717) is 10.9 Å². The van der Waals surface area contributed by atoms with Gasteiger partial charge in [-0.25, -0.2) is 0 Å². The smallest absolute Gasteiger partial charge is 0.110 e. The molecule has 1 heterocycles. The van der Waals surface area contributed by atoms with Gasteiger partial charge in [0, 0.05) is 6.54 Å². The molecule has 18 heavy (non-hydrogen) atoms. The Labute approximate surface area is 114 Å². The Kier molecular flexibility index (Phi) is 4.02. The van der Waals surface area contributed by atoms with Crippen LogP contribution in [-0.2, 0) is 12.1 Å². The highest BCUT2D eigenvalue weighted by molar-refractivity contribution is 6.31. The van der Waals surface area contributed by atoms with Gasteiger partial charge in [-0.05, 0) is 37.5 Å². The average Bonchev–Trinajstić information content (AvgIpc) is 2.67. The number of hydrogen-bond acceptors (Lipinski definition) is 2. The van der Waals surface area contributed by atoms with Crippen LogP contribution in [0.25, 0.3) is 0 Å². The van der Waals surface area contributed by atoms with Crippen molar-refractivity contribution in [1.29, 1.82) is 0 Å². The van der Waals surface area contributed by atoms with Gasteiger partial charge in [0.1, 0.15) is 5.60 Å². The van der Waals surface area contributed by atoms with Crippen LogP contribution in [-0.4, -0.2) is 14.9 Å². The summed E-state index contributed by atoms with van der Waals surface area (Å²) in [7, 11) is 0. The zero-order valence-electron chi connectivity index (χ0n) is 11.5. The number of halogens is 1. The minimum absolute atomic E-state index is 0.228. The van der Waals surface area contributed by atoms with Crippen molar-refractivity contribution in [3.63, 3.8) is 0 Å². The fraction of sp³-hybridized carbons (Fsp3) is 0.786. The monoisotopic (exact) mass is 270 g/mol. The molecular weight excluding hydrogens is 248 g/mol. The SMILES string of the molecule is CCCn1ncc(Cl)c1C1(O)CCC(C)CC1C. The summed E-state index contributed by atoms with van der Waals surface area (Å²) in [5, 5.41) is 16.0. The Balaban J connectivity index is 2.37. The van der Waals surface area contributed by atoms with Crippen molar-refractivity contribution < 1.29 is 5.11 Å². The Bertz CT molecular complexity index is 418. The Morgan fingerprint density at radius 2 is 2.28 bits per heavy atom. The number of rotatable bonds is 3. The summed E-state index contributed by atoms with van der Waals surface area (Å²) in [6.07, 6.45) is 5.53. The lowest BCUT2D eigenvalue weighted by molar-refractivity contribution is -0.0654. The van der Waals surface area contributed by atoms with Crippen LogP contribution in [0.2, 0.25) is 5.02 Å². The molecule has 1 saturated carbocycles. The van der Waals surface area contributed by atoms with E-state index in [9.17, 15) is 5.11 Å². The first-order valence-electron chi connectivity index (χ1n) is 6.93. The Hall–Kier alpha value is -0.540. The zero-order valence-corrected chi connectivity index (χ0v) is 12.2. The first-order chi connectivity index (χ1) is 8.49. The van der Waals surface area contributed by atoms with Crippen LogP contribution in [0.4, 0.5) is 0 Å². The molecule has 0 aromatic carbocycles. The Morgan fingerprint density at radius 1 is 1.56 bits per heavy atom. The second-order valence-corrected chi connectivity index (χ2v) is 6.18. The van der Waals surface area contributed by atoms with Gasteiger partial charge in [0.15, 0.2) is 0 Å². The lowest BCUT2D eigenvalue weighted by Crippen LogP contribution is -2.40. The molecule has 0 radical (unpaired) electrons. The molecular formula is C14H23ClN2O. The molecule has 4 heteroatoms. The summed E-state index contributed by atoms with van der Waals surface area (Å²) >= 11 is 6.26. The molecule has 0 spiro atoms. The lowest BCUT2D eigenvalue weighted by Gasteiger charge is -2.41. The van der Waals surface area contributed by atoms with Crippen LogP contribution in [0, 0.1) is 11.8 Å². The highest BCUT2D eigenvalue weighted by atomic mass is 35.5. The van der Waals surface area contributed by atoms with Crippen molar-refractivity contribution in [1.82, 2.24) is 9.78 Å². The normalized spacial score (nSPS) is 32.7. The van der Waals surface area contributed by atoms with E-state index in [1.165, 1.54) is 0 Å². The predicted octanol–water partition coefficient (Wildman–Crippen LogP) is 3.59. The maximum atomic E-state index is 11.1. The van der Waals surface area contributed by atoms with Crippen molar-refractivity contribution in [2.24, 2.45) is 11.8 Å². The summed E-state index contributed by atoms with van der Waals surface area (Å²) in [4.78, 5) is 0. The minimum atomic E-state index is -0.810. The van der Waals surface area contributed by atoms with Gasteiger partial charge in [0.25, 0.3) is 0 Å². The molecule has 3 unspecified atom stereocenters. The van der Waals surface area contributed by atoms with Gasteiger partial charge >= 0.3 is 0 Å². The number of aliphatic hydroxyl groups is 1. The molecule has 102 valence electrons. The van der Waals surface area contributed by atoms with E-state index in [1.807, 2.05) is 4.68 Å². The third-order valence-corrected chi connectivity index (χ3v) is 4.51. The summed E-state index contributed by atoms with van der Waals surface area (Å²) in [5.74, 6) is 0.910. The van der Waals surface area contributed by atoms with Crippen molar-refractivity contribution in [2.45, 2.75) is 58.6 Å². The molecule has 3 atom stereocenters. The maximum Gasteiger partial charge on any atom is 0.110 e. The summed E-state index contributed by atoms with van der Waals surface area (Å²) in [6.45, 7) is 7.29. The first kappa shape index (κ1) is 13.9. The van der Waals surface area contributed by atoms with Crippen LogP contribution < -0.4 is 0 Å². The standard InChI is InChI=1S/C14H23ClN2O/c1-4-7-17-13(12(15)9-16-17)14(18)6-5-10(2)8-11(14)3/h9-11,18H,4-8H2,1-3H3. The highest BCUT2D eigenvalue weighted by Gasteiger charge is 2.43. The number of hydrogen-bond donors (Lipinski definition) is 1. The first-order valence-corrected chi connectivity index (χ1v) is 7.31. The molecule has 1 aromatic heterocycles. The van der Waals surface area contributed by atoms with Crippen molar-refractivity contribution in [3.8, 4) is 0 Å². The quantitative estimate of drug-likeness (QED) is 0.911. The van der Waals surface area contributed by atoms with Gasteiger partial charge in [-0.3, -0.25) is 4.68 Å². The van der Waals surface area contributed by atoms with Crippen molar-refractivity contribution in [2.75, 3.05) is 0 Å². The molecule has 1 aliphatic rings. The topological polar surface area (TPSA) is 38.0 Å². The van der Waals surface area contributed by atoms with Gasteiger partial charge in [0.2, 0.25) is 0 Å². The second kappa shape index (κ2) is 5.22. The lowest BCUT2D eigenvalue weighted by atomic mass is 9.70. The molecule has 1 fully saturated rings. The molecule has 0 aliphatic heterocycles. The number of nitrogens with zero attached hydrogens (tertiary/aromatic N) is 2. The van der Waals surface area contributed by atoms with Gasteiger partial charge in [-0.15, -0.1) is 0 Å². The molecule has 3 nitrogen and oxygen atoms in total.